The van der Waals surface area contributed by atoms with E-state index in [9.17, 15) is 4.79 Å². The summed E-state index contributed by atoms with van der Waals surface area (Å²) in [5, 5.41) is 7.75. The van der Waals surface area contributed by atoms with Crippen LogP contribution in [0.4, 0.5) is 5.69 Å². The number of benzene rings is 3. The van der Waals surface area contributed by atoms with Crippen molar-refractivity contribution >= 4 is 62.7 Å². The number of ether oxygens (including phenoxy) is 2. The number of hydrazone groups is 1. The lowest BCUT2D eigenvalue weighted by Gasteiger charge is -2.10. The lowest BCUT2D eigenvalue weighted by molar-refractivity contribution is 0.0734. The molecular formula is C22H17BrClN3O3S. The third kappa shape index (κ3) is 6.52. The highest BCUT2D eigenvalue weighted by Gasteiger charge is 2.14. The zero-order valence-corrected chi connectivity index (χ0v) is 19.4. The molecule has 0 heterocycles. The minimum Gasteiger partial charge on any atom is -0.497 e. The van der Waals surface area contributed by atoms with E-state index in [1.165, 1.54) is 6.21 Å². The molecule has 3 aromatic rings. The number of carbonyl (C=O) groups excluding carboxylic acids is 1. The lowest BCUT2D eigenvalue weighted by Crippen LogP contribution is -2.23. The Labute approximate surface area is 198 Å². The summed E-state index contributed by atoms with van der Waals surface area (Å²) in [5.41, 5.74) is 4.35. The summed E-state index contributed by atoms with van der Waals surface area (Å²) in [6, 6.07) is 19.2. The molecule has 0 spiro atoms. The van der Waals surface area contributed by atoms with E-state index in [0.29, 0.717) is 21.4 Å². The van der Waals surface area contributed by atoms with Gasteiger partial charge in [0, 0.05) is 15.7 Å². The van der Waals surface area contributed by atoms with Gasteiger partial charge >= 0.3 is 5.97 Å². The summed E-state index contributed by atoms with van der Waals surface area (Å²) in [5.74, 6) is 0.510. The van der Waals surface area contributed by atoms with Crippen LogP contribution < -0.4 is 20.2 Å². The predicted molar refractivity (Wildman–Crippen MR) is 130 cm³/mol. The van der Waals surface area contributed by atoms with Crippen LogP contribution in [0.3, 0.4) is 0 Å². The molecule has 0 radical (unpaired) electrons. The van der Waals surface area contributed by atoms with Gasteiger partial charge in [-0.1, -0.05) is 39.7 Å². The summed E-state index contributed by atoms with van der Waals surface area (Å²) in [6.45, 7) is 0. The highest BCUT2D eigenvalue weighted by Crippen LogP contribution is 2.24. The minimum atomic E-state index is -0.563. The average molecular weight is 519 g/mol. The first kappa shape index (κ1) is 22.7. The largest absolute Gasteiger partial charge is 0.497 e. The summed E-state index contributed by atoms with van der Waals surface area (Å²) >= 11 is 14.7. The van der Waals surface area contributed by atoms with Crippen molar-refractivity contribution < 1.29 is 14.3 Å². The predicted octanol–water partition coefficient (Wildman–Crippen LogP) is 5.65. The maximum atomic E-state index is 12.5. The number of rotatable bonds is 6. The van der Waals surface area contributed by atoms with Crippen molar-refractivity contribution in [2.24, 2.45) is 5.10 Å². The highest BCUT2D eigenvalue weighted by atomic mass is 79.9. The molecule has 0 saturated carbocycles. The monoisotopic (exact) mass is 517 g/mol. The quantitative estimate of drug-likeness (QED) is 0.144. The Morgan fingerprint density at radius 3 is 2.58 bits per heavy atom. The SMILES string of the molecule is COc1ccc(NC(=S)N/N=C/c2cc(Br)ccc2OC(=O)c2ccccc2Cl)cc1. The van der Waals surface area contributed by atoms with Gasteiger partial charge < -0.3 is 14.8 Å². The molecule has 0 fully saturated rings. The molecule has 0 aliphatic heterocycles. The molecule has 0 aliphatic carbocycles. The van der Waals surface area contributed by atoms with Crippen molar-refractivity contribution in [3.05, 3.63) is 87.4 Å². The molecule has 6 nitrogen and oxygen atoms in total. The van der Waals surface area contributed by atoms with Crippen LogP contribution in [0.2, 0.25) is 5.02 Å². The third-order valence-corrected chi connectivity index (χ3v) is 5.00. The van der Waals surface area contributed by atoms with E-state index in [2.05, 4.69) is 31.8 Å². The molecular weight excluding hydrogens is 502 g/mol. The van der Waals surface area contributed by atoms with Gasteiger partial charge in [0.15, 0.2) is 5.11 Å². The Bertz CT molecular complexity index is 1120. The number of thiocarbonyl (C=S) groups is 1. The summed E-state index contributed by atoms with van der Waals surface area (Å²) < 4.78 is 11.4. The number of hydrogen-bond acceptors (Lipinski definition) is 5. The molecule has 2 N–H and O–H groups in total. The van der Waals surface area contributed by atoms with E-state index in [1.807, 2.05) is 24.3 Å². The molecule has 0 saturated heterocycles. The Morgan fingerprint density at radius 1 is 1.13 bits per heavy atom. The Balaban J connectivity index is 1.67. The number of methoxy groups -OCH3 is 1. The van der Waals surface area contributed by atoms with E-state index < -0.39 is 5.97 Å². The lowest BCUT2D eigenvalue weighted by atomic mass is 10.2. The number of esters is 1. The molecule has 31 heavy (non-hydrogen) atoms. The number of nitrogens with one attached hydrogen (secondary N) is 2. The zero-order valence-electron chi connectivity index (χ0n) is 16.3. The maximum Gasteiger partial charge on any atom is 0.345 e. The smallest absolute Gasteiger partial charge is 0.345 e. The molecule has 3 rings (SSSR count). The van der Waals surface area contributed by atoms with Gasteiger partial charge in [-0.05, 0) is 66.8 Å². The number of carbonyl (C=O) groups is 1. The van der Waals surface area contributed by atoms with E-state index in [1.54, 1.807) is 49.6 Å². The number of halogens is 2. The fourth-order valence-corrected chi connectivity index (χ4v) is 3.25. The van der Waals surface area contributed by atoms with Gasteiger partial charge in [-0.15, -0.1) is 0 Å². The first-order chi connectivity index (χ1) is 15.0. The van der Waals surface area contributed by atoms with Gasteiger partial charge in [-0.2, -0.15) is 5.10 Å². The van der Waals surface area contributed by atoms with Gasteiger partial charge in [-0.25, -0.2) is 4.79 Å². The first-order valence-electron chi connectivity index (χ1n) is 8.96. The van der Waals surface area contributed by atoms with Crippen LogP contribution in [0.25, 0.3) is 0 Å². The maximum absolute atomic E-state index is 12.5. The van der Waals surface area contributed by atoms with Crippen LogP contribution >= 0.6 is 39.7 Å². The fourth-order valence-electron chi connectivity index (χ4n) is 2.49. The van der Waals surface area contributed by atoms with Gasteiger partial charge in [-0.3, -0.25) is 5.43 Å². The van der Waals surface area contributed by atoms with Crippen molar-refractivity contribution in [1.29, 1.82) is 0 Å². The molecule has 0 bridgehead atoms. The summed E-state index contributed by atoms with van der Waals surface area (Å²) in [7, 11) is 1.60. The molecule has 158 valence electrons. The summed E-state index contributed by atoms with van der Waals surface area (Å²) in [4.78, 5) is 12.5. The van der Waals surface area contributed by atoms with Crippen LogP contribution in [-0.2, 0) is 0 Å². The van der Waals surface area contributed by atoms with Crippen molar-refractivity contribution in [1.82, 2.24) is 5.43 Å². The number of hydrogen-bond donors (Lipinski definition) is 2. The molecule has 0 aromatic heterocycles. The molecule has 0 aliphatic rings. The van der Waals surface area contributed by atoms with Crippen molar-refractivity contribution in [3.63, 3.8) is 0 Å². The van der Waals surface area contributed by atoms with E-state index in [-0.39, 0.29) is 5.56 Å². The van der Waals surface area contributed by atoms with E-state index in [4.69, 9.17) is 33.3 Å². The van der Waals surface area contributed by atoms with Crippen LogP contribution in [0.5, 0.6) is 11.5 Å². The van der Waals surface area contributed by atoms with Crippen molar-refractivity contribution in [3.8, 4) is 11.5 Å². The average Bonchev–Trinajstić information content (AvgIpc) is 2.76. The van der Waals surface area contributed by atoms with E-state index >= 15 is 0 Å². The van der Waals surface area contributed by atoms with Crippen LogP contribution in [0.1, 0.15) is 15.9 Å². The number of anilines is 1. The van der Waals surface area contributed by atoms with Crippen LogP contribution in [0.15, 0.2) is 76.3 Å². The Hall–Kier alpha value is -2.94. The van der Waals surface area contributed by atoms with Crippen LogP contribution in [-0.4, -0.2) is 24.4 Å². The Kier molecular flexibility index (Phi) is 8.00. The zero-order chi connectivity index (χ0) is 22.2. The third-order valence-electron chi connectivity index (χ3n) is 3.99. The second kappa shape index (κ2) is 10.9. The van der Waals surface area contributed by atoms with Crippen LogP contribution in [0, 0.1) is 0 Å². The van der Waals surface area contributed by atoms with Gasteiger partial charge in [0.05, 0.1) is 23.9 Å². The van der Waals surface area contributed by atoms with Gasteiger partial charge in [0.25, 0.3) is 0 Å². The molecule has 0 amide bonds. The normalized spacial score (nSPS) is 10.5. The standard InChI is InChI=1S/C22H17BrClN3O3S/c1-29-17-9-7-16(8-10-17)26-22(31)27-25-13-14-12-15(23)6-11-20(14)30-21(28)18-4-2-3-5-19(18)24/h2-13H,1H3,(H2,26,27,31)/b25-13+. The molecule has 0 unspecified atom stereocenters. The van der Waals surface area contributed by atoms with Crippen molar-refractivity contribution in [2.75, 3.05) is 12.4 Å². The summed E-state index contributed by atoms with van der Waals surface area (Å²) in [6.07, 6.45) is 1.50. The van der Waals surface area contributed by atoms with Crippen molar-refractivity contribution in [2.45, 2.75) is 0 Å². The Morgan fingerprint density at radius 2 is 1.87 bits per heavy atom. The second-order valence-corrected chi connectivity index (χ2v) is 7.84. The first-order valence-corrected chi connectivity index (χ1v) is 10.5. The van der Waals surface area contributed by atoms with Gasteiger partial charge in [0.2, 0.25) is 0 Å². The minimum absolute atomic E-state index is 0.276. The molecule has 0 atom stereocenters. The molecule has 3 aromatic carbocycles. The fraction of sp³-hybridized carbons (Fsp3) is 0.0455. The van der Waals surface area contributed by atoms with Gasteiger partial charge in [0.1, 0.15) is 11.5 Å². The molecule has 9 heteroatoms. The topological polar surface area (TPSA) is 71.9 Å². The second-order valence-electron chi connectivity index (χ2n) is 6.10. The number of nitrogens with zero attached hydrogens (tertiary/aromatic N) is 1. The van der Waals surface area contributed by atoms with E-state index in [0.717, 1.165) is 15.9 Å². The highest BCUT2D eigenvalue weighted by molar-refractivity contribution is 9.10.